The summed E-state index contributed by atoms with van der Waals surface area (Å²) in [7, 11) is 0. The van der Waals surface area contributed by atoms with Crippen molar-refractivity contribution in [3.8, 4) is 0 Å². The zero-order chi connectivity index (χ0) is 27.3. The Morgan fingerprint density at radius 1 is 0.371 bits per heavy atom. The Morgan fingerprint density at radius 3 is 0.714 bits per heavy atom. The number of aromatic amines is 2. The average molecular weight is 608 g/mol. The van der Waals surface area contributed by atoms with Gasteiger partial charge in [-0.05, 0) is 34.1 Å². The fourth-order valence-electron chi connectivity index (χ4n) is 4.08. The second-order valence-electron chi connectivity index (χ2n) is 16.4. The van der Waals surface area contributed by atoms with Crippen LogP contribution in [0.25, 0.3) is 0 Å². The summed E-state index contributed by atoms with van der Waals surface area (Å²) in [6.45, 7) is 41.0. The van der Waals surface area contributed by atoms with E-state index in [0.29, 0.717) is 0 Å². The zero-order valence-electron chi connectivity index (χ0n) is 26.9. The maximum Gasteiger partial charge on any atom is 0.0241 e. The van der Waals surface area contributed by atoms with Crippen LogP contribution in [-0.2, 0) is 32.5 Å². The molecule has 2 aromatic rings. The molecule has 0 saturated heterocycles. The molecule has 0 spiro atoms. The Bertz CT molecular complexity index is 801. The van der Waals surface area contributed by atoms with Crippen LogP contribution in [0.3, 0.4) is 0 Å². The standard InChI is InChI=1S/2C16H29N.Ba/c2*1-14(2,3)11-10-12(15(4,5)6)17-13(11)16(7,8)9;/h2*10,17H,1-9H3;. The van der Waals surface area contributed by atoms with Gasteiger partial charge in [0.05, 0.1) is 0 Å². The van der Waals surface area contributed by atoms with Gasteiger partial charge in [-0.25, -0.2) is 0 Å². The van der Waals surface area contributed by atoms with Crippen molar-refractivity contribution in [2.24, 2.45) is 0 Å². The van der Waals surface area contributed by atoms with Gasteiger partial charge in [-0.2, -0.15) is 0 Å². The molecule has 3 heteroatoms. The summed E-state index contributed by atoms with van der Waals surface area (Å²) in [5.41, 5.74) is 9.46. The second-order valence-corrected chi connectivity index (χ2v) is 16.4. The van der Waals surface area contributed by atoms with Gasteiger partial charge < -0.3 is 9.97 Å². The molecule has 0 aliphatic carbocycles. The predicted molar refractivity (Wildman–Crippen MR) is 160 cm³/mol. The molecule has 198 valence electrons. The van der Waals surface area contributed by atoms with Crippen LogP contribution in [0.2, 0.25) is 0 Å². The third kappa shape index (κ3) is 9.75. The molecule has 0 bridgehead atoms. The topological polar surface area (TPSA) is 31.6 Å². The molecule has 35 heavy (non-hydrogen) atoms. The largest absolute Gasteiger partial charge is 0.361 e. The monoisotopic (exact) mass is 608 g/mol. The van der Waals surface area contributed by atoms with Gasteiger partial charge in [-0.15, -0.1) is 0 Å². The van der Waals surface area contributed by atoms with Gasteiger partial charge in [0.25, 0.3) is 0 Å². The third-order valence-electron chi connectivity index (χ3n) is 6.37. The van der Waals surface area contributed by atoms with Crippen LogP contribution in [0.1, 0.15) is 159 Å². The summed E-state index contributed by atoms with van der Waals surface area (Å²) in [5, 5.41) is 0. The Labute approximate surface area is 259 Å². The first-order chi connectivity index (χ1) is 14.7. The Hall–Kier alpha value is 0.131. The molecule has 2 rings (SSSR count). The molecular formula is C32H58BaN2. The first kappa shape index (κ1) is 35.1. The molecule has 0 aliphatic rings. The van der Waals surface area contributed by atoms with E-state index in [-0.39, 0.29) is 81.4 Å². The predicted octanol–water partition coefficient (Wildman–Crippen LogP) is 9.43. The van der Waals surface area contributed by atoms with Crippen molar-refractivity contribution in [2.75, 3.05) is 0 Å². The summed E-state index contributed by atoms with van der Waals surface area (Å²) in [5.74, 6) is 0. The maximum absolute atomic E-state index is 3.67. The second kappa shape index (κ2) is 11.1. The van der Waals surface area contributed by atoms with E-state index in [2.05, 4.69) is 147 Å². The molecular weight excluding hydrogens is 550 g/mol. The number of aromatic nitrogens is 2. The van der Waals surface area contributed by atoms with Crippen LogP contribution in [0, 0.1) is 0 Å². The number of hydrogen-bond acceptors (Lipinski definition) is 0. The van der Waals surface area contributed by atoms with Crippen molar-refractivity contribution in [1.82, 2.24) is 9.97 Å². The molecule has 2 aromatic heterocycles. The Morgan fingerprint density at radius 2 is 0.600 bits per heavy atom. The minimum absolute atomic E-state index is 0. The van der Waals surface area contributed by atoms with Crippen LogP contribution in [0.5, 0.6) is 0 Å². The summed E-state index contributed by atoms with van der Waals surface area (Å²) in [6.07, 6.45) is 0. The number of nitrogens with one attached hydrogen (secondary N) is 2. The summed E-state index contributed by atoms with van der Waals surface area (Å²) in [4.78, 5) is 7.34. The molecule has 0 unspecified atom stereocenters. The number of rotatable bonds is 0. The van der Waals surface area contributed by atoms with Gasteiger partial charge in [-0.3, -0.25) is 0 Å². The summed E-state index contributed by atoms with van der Waals surface area (Å²) < 4.78 is 0. The van der Waals surface area contributed by atoms with Crippen molar-refractivity contribution in [2.45, 2.75) is 157 Å². The van der Waals surface area contributed by atoms with E-state index >= 15 is 0 Å². The Kier molecular flexibility index (Phi) is 11.1. The molecule has 2 radical (unpaired) electrons. The SMILES string of the molecule is CC(C)(C)c1cc(C(C)(C)C)c(C(C)(C)C)[nH]1.CC(C)(C)c1cc(C(C)(C)C)c(C(C)(C)C)[nH]1.[Ba]. The summed E-state index contributed by atoms with van der Waals surface area (Å²) >= 11 is 0. The minimum atomic E-state index is 0. The number of hydrogen-bond donors (Lipinski definition) is 2. The van der Waals surface area contributed by atoms with E-state index in [9.17, 15) is 0 Å². The summed E-state index contributed by atoms with van der Waals surface area (Å²) in [6, 6.07) is 4.72. The third-order valence-corrected chi connectivity index (χ3v) is 6.37. The van der Waals surface area contributed by atoms with Crippen LogP contribution < -0.4 is 0 Å². The van der Waals surface area contributed by atoms with E-state index in [4.69, 9.17) is 0 Å². The molecule has 2 N–H and O–H groups in total. The van der Waals surface area contributed by atoms with E-state index in [1.165, 1.54) is 33.9 Å². The molecule has 0 aliphatic heterocycles. The van der Waals surface area contributed by atoms with Crippen molar-refractivity contribution in [1.29, 1.82) is 0 Å². The van der Waals surface area contributed by atoms with Crippen molar-refractivity contribution in [3.05, 3.63) is 46.0 Å². The van der Waals surface area contributed by atoms with Crippen molar-refractivity contribution >= 4 is 48.9 Å². The van der Waals surface area contributed by atoms with E-state index in [1.54, 1.807) is 0 Å². The van der Waals surface area contributed by atoms with Crippen molar-refractivity contribution in [3.63, 3.8) is 0 Å². The fourth-order valence-corrected chi connectivity index (χ4v) is 4.08. The van der Waals surface area contributed by atoms with Gasteiger partial charge in [0.2, 0.25) is 0 Å². The molecule has 0 atom stereocenters. The maximum atomic E-state index is 3.67. The fraction of sp³-hybridized carbons (Fsp3) is 0.750. The molecule has 0 aromatic carbocycles. The van der Waals surface area contributed by atoms with E-state index < -0.39 is 0 Å². The van der Waals surface area contributed by atoms with Crippen molar-refractivity contribution < 1.29 is 0 Å². The zero-order valence-corrected chi connectivity index (χ0v) is 31.3. The first-order valence-electron chi connectivity index (χ1n) is 13.2. The van der Waals surface area contributed by atoms with E-state index in [0.717, 1.165) is 0 Å². The average Bonchev–Trinajstić information content (AvgIpc) is 3.18. The van der Waals surface area contributed by atoms with Gasteiger partial charge >= 0.3 is 0 Å². The van der Waals surface area contributed by atoms with Gasteiger partial charge in [-0.1, -0.05) is 125 Å². The molecule has 2 heterocycles. The quantitative estimate of drug-likeness (QED) is 0.280. The smallest absolute Gasteiger partial charge is 0.0241 e. The van der Waals surface area contributed by atoms with Gasteiger partial charge in [0, 0.05) is 93.3 Å². The number of H-pyrrole nitrogens is 2. The molecule has 0 saturated carbocycles. The first-order valence-corrected chi connectivity index (χ1v) is 13.2. The van der Waals surface area contributed by atoms with Crippen LogP contribution in [-0.4, -0.2) is 58.8 Å². The van der Waals surface area contributed by atoms with E-state index in [1.807, 2.05) is 0 Å². The molecule has 0 amide bonds. The molecule has 2 nitrogen and oxygen atoms in total. The van der Waals surface area contributed by atoms with Gasteiger partial charge in [0.15, 0.2) is 0 Å². The van der Waals surface area contributed by atoms with Crippen LogP contribution in [0.15, 0.2) is 12.1 Å². The Balaban J connectivity index is 0.000000642. The normalized spacial score (nSPS) is 13.8. The van der Waals surface area contributed by atoms with Crippen LogP contribution in [0.4, 0.5) is 0 Å². The molecule has 0 fully saturated rings. The van der Waals surface area contributed by atoms with Gasteiger partial charge in [0.1, 0.15) is 0 Å². The minimum Gasteiger partial charge on any atom is -0.361 e. The van der Waals surface area contributed by atoms with Crippen LogP contribution >= 0.6 is 0 Å².